The fourth-order valence-electron chi connectivity index (χ4n) is 8.36. The molecule has 1 amide bonds. The number of nitrogens with one attached hydrogen (secondary N) is 1. The molecule has 6 rings (SSSR count). The molecule has 0 saturated carbocycles. The van der Waals surface area contributed by atoms with Gasteiger partial charge in [-0.1, -0.05) is 181 Å². The molecule has 0 spiro atoms. The van der Waals surface area contributed by atoms with Crippen LogP contribution in [0.1, 0.15) is 58.8 Å². The van der Waals surface area contributed by atoms with Gasteiger partial charge in [0.2, 0.25) is 5.91 Å². The molecule has 5 aromatic carbocycles. The van der Waals surface area contributed by atoms with Crippen LogP contribution in [0, 0.1) is 0 Å². The molecule has 57 heavy (non-hydrogen) atoms. The molecule has 8 nitrogen and oxygen atoms in total. The quantitative estimate of drug-likeness (QED) is 0.112. The first-order valence-electron chi connectivity index (χ1n) is 19.6. The Balaban J connectivity index is 1.53. The number of aliphatic hydroxyl groups excluding tert-OH is 1. The third kappa shape index (κ3) is 8.62. The number of aliphatic hydroxyl groups is 1. The molecule has 5 aromatic rings. The zero-order valence-corrected chi connectivity index (χ0v) is 35.9. The summed E-state index contributed by atoms with van der Waals surface area (Å²) in [7, 11) is -6.51. The molecule has 298 valence electrons. The van der Waals surface area contributed by atoms with E-state index in [1.54, 1.807) is 24.3 Å². The van der Waals surface area contributed by atoms with E-state index >= 15 is 0 Å². The summed E-state index contributed by atoms with van der Waals surface area (Å²) >= 11 is 0. The summed E-state index contributed by atoms with van der Waals surface area (Å²) in [6, 6.07) is 48.5. The van der Waals surface area contributed by atoms with Gasteiger partial charge < -0.3 is 28.7 Å². The lowest BCUT2D eigenvalue weighted by Crippen LogP contribution is -2.70. The third-order valence-corrected chi connectivity index (χ3v) is 20.9. The van der Waals surface area contributed by atoms with Crippen LogP contribution < -0.4 is 26.1 Å². The number of rotatable bonds is 13. The molecule has 1 aliphatic rings. The monoisotopic (exact) mass is 801 g/mol. The highest BCUT2D eigenvalue weighted by atomic mass is 28.4. The summed E-state index contributed by atoms with van der Waals surface area (Å²) in [4.78, 5) is 27.0. The lowest BCUT2D eigenvalue weighted by atomic mass is 10.0. The van der Waals surface area contributed by atoms with Crippen molar-refractivity contribution >= 4 is 49.3 Å². The standard InChI is InChI=1S/C47H55NO7Si2/c1-34(49)48-41-43(55-57(47(5,6)7,38-29-19-11-20-30-38)39-31-21-12-22-32-39)42(54-45(41)51)40(53-44(50)35-23-13-8-14-24-35)33-52-56(46(2,3)4,36-25-15-9-16-26-36)37-27-17-10-18-28-37/h8-32,40-43,45,51H,33H2,1-7H3,(H,48,49)/t40-,41-,42-,43-,45-/m1/s1. The fourth-order valence-corrected chi connectivity index (χ4v) is 17.6. The summed E-state index contributed by atoms with van der Waals surface area (Å²) in [5.74, 6) is -0.933. The summed E-state index contributed by atoms with van der Waals surface area (Å²) < 4.78 is 28.0. The van der Waals surface area contributed by atoms with E-state index < -0.39 is 58.3 Å². The Morgan fingerprint density at radius 2 is 1.04 bits per heavy atom. The predicted octanol–water partition coefficient (Wildman–Crippen LogP) is 5.96. The topological polar surface area (TPSA) is 103 Å². The van der Waals surface area contributed by atoms with Crippen LogP contribution in [-0.4, -0.2) is 70.9 Å². The number of amides is 1. The SMILES string of the molecule is CC(=O)N[C@@H]1[C@@H](O[Si](c2ccccc2)(c2ccccc2)C(C)(C)C)[C@@H]([C@@H](CO[Si](c2ccccc2)(c2ccccc2)C(C)(C)C)OC(=O)c2ccccc2)O[C@H]1O. The number of hydrogen-bond donors (Lipinski definition) is 2. The number of esters is 1. The molecule has 1 saturated heterocycles. The van der Waals surface area contributed by atoms with E-state index in [2.05, 4.69) is 95.4 Å². The van der Waals surface area contributed by atoms with Crippen LogP contribution in [0.3, 0.4) is 0 Å². The van der Waals surface area contributed by atoms with Gasteiger partial charge in [-0.05, 0) is 43.0 Å². The van der Waals surface area contributed by atoms with Gasteiger partial charge in [0.05, 0.1) is 12.2 Å². The van der Waals surface area contributed by atoms with Gasteiger partial charge in [0.15, 0.2) is 12.4 Å². The fraction of sp³-hybridized carbons (Fsp3) is 0.319. The maximum Gasteiger partial charge on any atom is 0.338 e. The van der Waals surface area contributed by atoms with Gasteiger partial charge in [-0.3, -0.25) is 4.79 Å². The molecule has 5 atom stereocenters. The number of hydrogen-bond acceptors (Lipinski definition) is 7. The van der Waals surface area contributed by atoms with E-state index in [-0.39, 0.29) is 17.6 Å². The number of benzene rings is 5. The molecule has 1 fully saturated rings. The van der Waals surface area contributed by atoms with Gasteiger partial charge in [0, 0.05) is 6.92 Å². The number of carbonyl (C=O) groups excluding carboxylic acids is 2. The van der Waals surface area contributed by atoms with Gasteiger partial charge in [0.25, 0.3) is 16.6 Å². The highest BCUT2D eigenvalue weighted by Crippen LogP contribution is 2.42. The van der Waals surface area contributed by atoms with E-state index in [1.165, 1.54) is 6.92 Å². The average Bonchev–Trinajstić information content (AvgIpc) is 3.50. The minimum atomic E-state index is -3.34. The van der Waals surface area contributed by atoms with Crippen molar-refractivity contribution in [2.75, 3.05) is 6.61 Å². The Bertz CT molecular complexity index is 1980. The Kier molecular flexibility index (Phi) is 12.8. The molecule has 1 heterocycles. The van der Waals surface area contributed by atoms with Crippen molar-refractivity contribution in [3.63, 3.8) is 0 Å². The smallest absolute Gasteiger partial charge is 0.338 e. The lowest BCUT2D eigenvalue weighted by molar-refractivity contribution is -0.141. The average molecular weight is 802 g/mol. The highest BCUT2D eigenvalue weighted by Gasteiger charge is 2.59. The normalized spacial score (nSPS) is 19.4. The van der Waals surface area contributed by atoms with Crippen LogP contribution in [0.25, 0.3) is 0 Å². The van der Waals surface area contributed by atoms with E-state index in [1.807, 2.05) is 78.9 Å². The van der Waals surface area contributed by atoms with Crippen molar-refractivity contribution in [1.82, 2.24) is 5.32 Å². The summed E-state index contributed by atoms with van der Waals surface area (Å²) in [6.45, 7) is 14.3. The van der Waals surface area contributed by atoms with Gasteiger partial charge in [0.1, 0.15) is 18.2 Å². The first-order chi connectivity index (χ1) is 27.2. The molecular weight excluding hydrogens is 747 g/mol. The van der Waals surface area contributed by atoms with Gasteiger partial charge in [-0.15, -0.1) is 0 Å². The Morgan fingerprint density at radius 3 is 1.42 bits per heavy atom. The minimum Gasteiger partial charge on any atom is -0.453 e. The van der Waals surface area contributed by atoms with Crippen molar-refractivity contribution in [3.8, 4) is 0 Å². The van der Waals surface area contributed by atoms with Crippen molar-refractivity contribution < 1.29 is 33.0 Å². The van der Waals surface area contributed by atoms with Crippen molar-refractivity contribution in [2.24, 2.45) is 0 Å². The second kappa shape index (κ2) is 17.4. The molecule has 0 bridgehead atoms. The van der Waals surface area contributed by atoms with Crippen LogP contribution in [0.2, 0.25) is 10.1 Å². The summed E-state index contributed by atoms with van der Waals surface area (Å²) in [6.07, 6.45) is -4.61. The van der Waals surface area contributed by atoms with Gasteiger partial charge in [-0.25, -0.2) is 4.79 Å². The van der Waals surface area contributed by atoms with E-state index in [0.29, 0.717) is 5.56 Å². The maximum atomic E-state index is 14.1. The van der Waals surface area contributed by atoms with Gasteiger partial charge >= 0.3 is 5.97 Å². The third-order valence-electron chi connectivity index (χ3n) is 10.9. The van der Waals surface area contributed by atoms with Crippen LogP contribution in [0.5, 0.6) is 0 Å². The first kappa shape index (κ1) is 41.9. The zero-order valence-electron chi connectivity index (χ0n) is 33.9. The molecule has 1 aliphatic heterocycles. The first-order valence-corrected chi connectivity index (χ1v) is 23.4. The molecule has 0 aromatic heterocycles. The Hall–Kier alpha value is -4.69. The van der Waals surface area contributed by atoms with Crippen molar-refractivity contribution in [2.45, 2.75) is 89.2 Å². The Morgan fingerprint density at radius 1 is 0.649 bits per heavy atom. The van der Waals surface area contributed by atoms with E-state index in [9.17, 15) is 14.7 Å². The maximum absolute atomic E-state index is 14.1. The summed E-state index contributed by atoms with van der Waals surface area (Å²) in [5, 5.41) is 18.0. The molecule has 0 radical (unpaired) electrons. The molecule has 0 aliphatic carbocycles. The predicted molar refractivity (Wildman–Crippen MR) is 230 cm³/mol. The van der Waals surface area contributed by atoms with Crippen LogP contribution >= 0.6 is 0 Å². The molecule has 0 unspecified atom stereocenters. The summed E-state index contributed by atoms with van der Waals surface area (Å²) in [5.41, 5.74) is 0.356. The Labute approximate surface area is 339 Å². The van der Waals surface area contributed by atoms with Gasteiger partial charge in [-0.2, -0.15) is 0 Å². The van der Waals surface area contributed by atoms with Crippen molar-refractivity contribution in [1.29, 1.82) is 0 Å². The van der Waals surface area contributed by atoms with Crippen LogP contribution in [-0.2, 0) is 23.1 Å². The second-order valence-electron chi connectivity index (χ2n) is 16.7. The number of carbonyl (C=O) groups is 2. The lowest BCUT2D eigenvalue weighted by Gasteiger charge is -2.47. The van der Waals surface area contributed by atoms with E-state index in [0.717, 1.165) is 20.7 Å². The molecule has 10 heteroatoms. The van der Waals surface area contributed by atoms with Crippen molar-refractivity contribution in [3.05, 3.63) is 157 Å². The number of ether oxygens (including phenoxy) is 2. The zero-order chi connectivity index (χ0) is 40.8. The highest BCUT2D eigenvalue weighted by molar-refractivity contribution is 7.00. The van der Waals surface area contributed by atoms with Crippen LogP contribution in [0.4, 0.5) is 0 Å². The molecular formula is C47H55NO7Si2. The largest absolute Gasteiger partial charge is 0.453 e. The second-order valence-corrected chi connectivity index (χ2v) is 25.3. The molecule has 2 N–H and O–H groups in total. The van der Waals surface area contributed by atoms with E-state index in [4.69, 9.17) is 18.3 Å². The van der Waals surface area contributed by atoms with Crippen LogP contribution in [0.15, 0.2) is 152 Å². The minimum absolute atomic E-state index is 0.0867.